The molecule has 0 saturated carbocycles. The van der Waals surface area contributed by atoms with Gasteiger partial charge < -0.3 is 9.47 Å². The van der Waals surface area contributed by atoms with Crippen LogP contribution in [0.5, 0.6) is 5.75 Å². The second kappa shape index (κ2) is 6.98. The molecule has 1 aliphatic rings. The highest BCUT2D eigenvalue weighted by Gasteiger charge is 2.36. The Hall–Kier alpha value is -2.38. The highest BCUT2D eigenvalue weighted by atomic mass is 32.2. The first-order chi connectivity index (χ1) is 12.6. The molecule has 1 N–H and O–H groups in total. The summed E-state index contributed by atoms with van der Waals surface area (Å²) in [5, 5.41) is 0. The van der Waals surface area contributed by atoms with E-state index in [2.05, 4.69) is 9.46 Å². The summed E-state index contributed by atoms with van der Waals surface area (Å²) < 4.78 is 39.4. The summed E-state index contributed by atoms with van der Waals surface area (Å²) in [6.07, 6.45) is 0.485. The average molecular weight is 389 g/mol. The van der Waals surface area contributed by atoms with Crippen LogP contribution in [-0.2, 0) is 14.8 Å². The number of hydrogen-bond donors (Lipinski definition) is 1. The van der Waals surface area contributed by atoms with E-state index in [9.17, 15) is 13.2 Å². The minimum Gasteiger partial charge on any atom is -0.487 e. The molecule has 27 heavy (non-hydrogen) atoms. The number of carbonyl (C=O) groups excluding carboxylic acids is 1. The molecule has 144 valence electrons. The van der Waals surface area contributed by atoms with Crippen molar-refractivity contribution in [3.8, 4) is 5.75 Å². The summed E-state index contributed by atoms with van der Waals surface area (Å²) in [5.41, 5.74) is 1.50. The number of carbonyl (C=O) groups is 1. The van der Waals surface area contributed by atoms with Crippen LogP contribution in [0.25, 0.3) is 0 Å². The monoisotopic (exact) mass is 389 g/mol. The number of nitrogens with one attached hydrogen (secondary N) is 1. The number of aryl methyl sites for hydroxylation is 1. The van der Waals surface area contributed by atoms with Gasteiger partial charge in [-0.2, -0.15) is 0 Å². The molecule has 1 aliphatic heterocycles. The van der Waals surface area contributed by atoms with Gasteiger partial charge in [0.15, 0.2) is 0 Å². The maximum absolute atomic E-state index is 13.0. The number of methoxy groups -OCH3 is 1. The minimum absolute atomic E-state index is 0.0175. The number of esters is 1. The summed E-state index contributed by atoms with van der Waals surface area (Å²) in [5.74, 6) is 0.0908. The van der Waals surface area contributed by atoms with E-state index >= 15 is 0 Å². The van der Waals surface area contributed by atoms with Gasteiger partial charge in [0.1, 0.15) is 11.4 Å². The smallest absolute Gasteiger partial charge is 0.337 e. The van der Waals surface area contributed by atoms with Crippen LogP contribution in [0.15, 0.2) is 47.4 Å². The Morgan fingerprint density at radius 1 is 1.22 bits per heavy atom. The summed E-state index contributed by atoms with van der Waals surface area (Å²) in [4.78, 5) is 11.7. The molecular formula is C20H23NO5S. The van der Waals surface area contributed by atoms with E-state index < -0.39 is 27.6 Å². The molecule has 0 fully saturated rings. The summed E-state index contributed by atoms with van der Waals surface area (Å²) in [6.45, 7) is 5.80. The molecule has 1 atom stereocenters. The van der Waals surface area contributed by atoms with E-state index in [4.69, 9.17) is 4.74 Å². The molecule has 1 heterocycles. The van der Waals surface area contributed by atoms with Crippen molar-refractivity contribution in [3.63, 3.8) is 0 Å². The van der Waals surface area contributed by atoms with Gasteiger partial charge in [-0.15, -0.1) is 0 Å². The second-order valence-electron chi connectivity index (χ2n) is 7.30. The Labute approximate surface area is 159 Å². The molecule has 2 aromatic rings. The SMILES string of the molecule is COC(=O)c1cccc(S(=O)(=O)N[C@H]2CC(C)(C)Oc3ccc(C)cc32)c1. The van der Waals surface area contributed by atoms with Crippen LogP contribution >= 0.6 is 0 Å². The lowest BCUT2D eigenvalue weighted by Crippen LogP contribution is -2.41. The standard InChI is InChI=1S/C20H23NO5S/c1-13-8-9-18-16(10-13)17(12-20(2,3)26-18)21-27(23,24)15-7-5-6-14(11-15)19(22)25-4/h5-11,17,21H,12H2,1-4H3/t17-/m0/s1. The van der Waals surface area contributed by atoms with E-state index in [0.29, 0.717) is 12.2 Å². The third-order valence-electron chi connectivity index (χ3n) is 4.49. The van der Waals surface area contributed by atoms with Gasteiger partial charge in [-0.3, -0.25) is 0 Å². The maximum atomic E-state index is 13.0. The number of ether oxygens (including phenoxy) is 2. The summed E-state index contributed by atoms with van der Waals surface area (Å²) in [7, 11) is -2.59. The van der Waals surface area contributed by atoms with Crippen molar-refractivity contribution >= 4 is 16.0 Å². The quantitative estimate of drug-likeness (QED) is 0.811. The van der Waals surface area contributed by atoms with E-state index in [0.717, 1.165) is 11.1 Å². The van der Waals surface area contributed by atoms with Crippen molar-refractivity contribution in [2.75, 3.05) is 7.11 Å². The molecule has 7 heteroatoms. The lowest BCUT2D eigenvalue weighted by atomic mass is 9.89. The van der Waals surface area contributed by atoms with Crippen LogP contribution in [0.3, 0.4) is 0 Å². The van der Waals surface area contributed by atoms with E-state index in [-0.39, 0.29) is 10.5 Å². The second-order valence-corrected chi connectivity index (χ2v) is 9.01. The van der Waals surface area contributed by atoms with Gasteiger partial charge in [-0.05, 0) is 45.0 Å². The van der Waals surface area contributed by atoms with Crippen LogP contribution < -0.4 is 9.46 Å². The normalized spacial score (nSPS) is 18.3. The average Bonchev–Trinajstić information content (AvgIpc) is 2.61. The highest BCUT2D eigenvalue weighted by molar-refractivity contribution is 7.89. The van der Waals surface area contributed by atoms with Gasteiger partial charge in [0, 0.05) is 12.0 Å². The van der Waals surface area contributed by atoms with Gasteiger partial charge in [0.05, 0.1) is 23.6 Å². The molecule has 0 bridgehead atoms. The maximum Gasteiger partial charge on any atom is 0.337 e. The fraction of sp³-hybridized carbons (Fsp3) is 0.350. The van der Waals surface area contributed by atoms with Crippen molar-refractivity contribution in [2.24, 2.45) is 0 Å². The lowest BCUT2D eigenvalue weighted by Gasteiger charge is -2.38. The van der Waals surface area contributed by atoms with Crippen LogP contribution in [0, 0.1) is 6.92 Å². The Bertz CT molecular complexity index is 982. The van der Waals surface area contributed by atoms with Gasteiger partial charge in [0.2, 0.25) is 10.0 Å². The Kier molecular flexibility index (Phi) is 5.01. The van der Waals surface area contributed by atoms with Gasteiger partial charge in [-0.1, -0.05) is 23.8 Å². The summed E-state index contributed by atoms with van der Waals surface area (Å²) in [6, 6.07) is 11.1. The van der Waals surface area contributed by atoms with Crippen molar-refractivity contribution in [1.29, 1.82) is 0 Å². The number of rotatable bonds is 4. The molecule has 0 saturated heterocycles. The van der Waals surface area contributed by atoms with Crippen LogP contribution in [0.1, 0.15) is 47.8 Å². The van der Waals surface area contributed by atoms with Gasteiger partial charge >= 0.3 is 5.97 Å². The minimum atomic E-state index is -3.84. The zero-order chi connectivity index (χ0) is 19.8. The van der Waals surface area contributed by atoms with Crippen LogP contribution in [0.4, 0.5) is 0 Å². The zero-order valence-electron chi connectivity index (χ0n) is 15.8. The lowest BCUT2D eigenvalue weighted by molar-refractivity contribution is 0.0600. The molecule has 0 aliphatic carbocycles. The van der Waals surface area contributed by atoms with E-state index in [1.807, 2.05) is 39.0 Å². The number of sulfonamides is 1. The Balaban J connectivity index is 1.97. The number of benzene rings is 2. The zero-order valence-corrected chi connectivity index (χ0v) is 16.6. The first kappa shape index (κ1) is 19.4. The highest BCUT2D eigenvalue weighted by Crippen LogP contribution is 2.40. The van der Waals surface area contributed by atoms with Crippen LogP contribution in [-0.4, -0.2) is 27.1 Å². The molecular weight excluding hydrogens is 366 g/mol. The van der Waals surface area contributed by atoms with Crippen molar-refractivity contribution < 1.29 is 22.7 Å². The molecule has 0 unspecified atom stereocenters. The molecule has 0 amide bonds. The third-order valence-corrected chi connectivity index (χ3v) is 5.95. The predicted molar refractivity (Wildman–Crippen MR) is 101 cm³/mol. The Morgan fingerprint density at radius 2 is 1.96 bits per heavy atom. The first-order valence-electron chi connectivity index (χ1n) is 8.61. The first-order valence-corrected chi connectivity index (χ1v) is 10.1. The third kappa shape index (κ3) is 4.14. The van der Waals surface area contributed by atoms with Gasteiger partial charge in [0.25, 0.3) is 0 Å². The Morgan fingerprint density at radius 3 is 2.67 bits per heavy atom. The molecule has 0 spiro atoms. The van der Waals surface area contributed by atoms with Gasteiger partial charge in [-0.25, -0.2) is 17.9 Å². The predicted octanol–water partition coefficient (Wildman–Crippen LogP) is 3.36. The van der Waals surface area contributed by atoms with Crippen molar-refractivity contribution in [3.05, 3.63) is 59.2 Å². The van der Waals surface area contributed by atoms with Crippen molar-refractivity contribution in [1.82, 2.24) is 4.72 Å². The molecule has 6 nitrogen and oxygen atoms in total. The number of hydrogen-bond acceptors (Lipinski definition) is 5. The molecule has 0 aromatic heterocycles. The molecule has 3 rings (SSSR count). The topological polar surface area (TPSA) is 81.7 Å². The van der Waals surface area contributed by atoms with Crippen molar-refractivity contribution in [2.45, 2.75) is 43.7 Å². The largest absolute Gasteiger partial charge is 0.487 e. The fourth-order valence-electron chi connectivity index (χ4n) is 3.24. The van der Waals surface area contributed by atoms with E-state index in [1.54, 1.807) is 0 Å². The molecule has 0 radical (unpaired) electrons. The fourth-order valence-corrected chi connectivity index (χ4v) is 4.50. The van der Waals surface area contributed by atoms with Crippen LogP contribution in [0.2, 0.25) is 0 Å². The van der Waals surface area contributed by atoms with E-state index in [1.165, 1.54) is 31.4 Å². The molecule has 2 aromatic carbocycles. The number of fused-ring (bicyclic) bond motifs is 1. The summed E-state index contributed by atoms with van der Waals surface area (Å²) >= 11 is 0.